The molecule has 0 aliphatic rings. The van der Waals surface area contributed by atoms with E-state index in [0.717, 1.165) is 30.1 Å². The van der Waals surface area contributed by atoms with E-state index in [1.54, 1.807) is 0 Å². The molecule has 0 saturated heterocycles. The Bertz CT molecular complexity index is 563. The molecule has 0 radical (unpaired) electrons. The molecule has 21 heavy (non-hydrogen) atoms. The second kappa shape index (κ2) is 6.85. The molecule has 2 aromatic rings. The van der Waals surface area contributed by atoms with Crippen molar-refractivity contribution in [1.29, 1.82) is 0 Å². The Hall–Kier alpha value is -1.68. The summed E-state index contributed by atoms with van der Waals surface area (Å²) in [4.78, 5) is 4.57. The quantitative estimate of drug-likeness (QED) is 0.886. The van der Waals surface area contributed by atoms with Gasteiger partial charge in [-0.3, -0.25) is 0 Å². The van der Waals surface area contributed by atoms with Crippen LogP contribution in [-0.2, 0) is 12.8 Å². The summed E-state index contributed by atoms with van der Waals surface area (Å²) < 4.78 is 1.93. The maximum atomic E-state index is 10.8. The van der Waals surface area contributed by atoms with Crippen molar-refractivity contribution in [2.45, 2.75) is 52.7 Å². The number of aliphatic hydroxyl groups excluding tert-OH is 1. The number of aliphatic hydroxyl groups is 1. The van der Waals surface area contributed by atoms with Crippen molar-refractivity contribution < 1.29 is 5.11 Å². The van der Waals surface area contributed by atoms with Gasteiger partial charge in [-0.1, -0.05) is 58.0 Å². The van der Waals surface area contributed by atoms with Gasteiger partial charge in [0.25, 0.3) is 0 Å². The zero-order valence-electron chi connectivity index (χ0n) is 13.3. The number of aromatic nitrogens is 3. The first-order chi connectivity index (χ1) is 10.1. The number of benzene rings is 1. The van der Waals surface area contributed by atoms with E-state index in [1.165, 1.54) is 0 Å². The Morgan fingerprint density at radius 3 is 2.29 bits per heavy atom. The standard InChI is InChI=1S/C17H25N3O/c1-5-14-18-15(6-2)20(19-14)16(12(3)4)17(21)13-10-8-7-9-11-13/h7-12,16-17,21H,5-6H2,1-4H3. The normalized spacial score (nSPS) is 14.4. The molecule has 0 aliphatic carbocycles. The van der Waals surface area contributed by atoms with Crippen LogP contribution in [0.4, 0.5) is 0 Å². The number of rotatable bonds is 6. The zero-order chi connectivity index (χ0) is 15.4. The molecule has 1 aromatic carbocycles. The second-order valence-electron chi connectivity index (χ2n) is 5.69. The maximum Gasteiger partial charge on any atom is 0.150 e. The van der Waals surface area contributed by atoms with Gasteiger partial charge in [0.05, 0.1) is 6.04 Å². The van der Waals surface area contributed by atoms with Gasteiger partial charge in [-0.25, -0.2) is 9.67 Å². The van der Waals surface area contributed by atoms with Crippen LogP contribution in [0.25, 0.3) is 0 Å². The summed E-state index contributed by atoms with van der Waals surface area (Å²) in [5, 5.41) is 15.4. The lowest BCUT2D eigenvalue weighted by Crippen LogP contribution is -2.25. The lowest BCUT2D eigenvalue weighted by molar-refractivity contribution is 0.0779. The van der Waals surface area contributed by atoms with E-state index in [1.807, 2.05) is 35.0 Å². The minimum absolute atomic E-state index is 0.102. The Labute approximate surface area is 126 Å². The van der Waals surface area contributed by atoms with Crippen LogP contribution < -0.4 is 0 Å². The van der Waals surface area contributed by atoms with Crippen molar-refractivity contribution in [2.75, 3.05) is 0 Å². The third-order valence-electron chi connectivity index (χ3n) is 3.81. The highest BCUT2D eigenvalue weighted by atomic mass is 16.3. The van der Waals surface area contributed by atoms with Crippen molar-refractivity contribution in [2.24, 2.45) is 5.92 Å². The average Bonchev–Trinajstić information content (AvgIpc) is 2.91. The van der Waals surface area contributed by atoms with Gasteiger partial charge in [0, 0.05) is 12.8 Å². The first kappa shape index (κ1) is 15.7. The molecular weight excluding hydrogens is 262 g/mol. The Morgan fingerprint density at radius 1 is 1.10 bits per heavy atom. The molecule has 0 saturated carbocycles. The van der Waals surface area contributed by atoms with Gasteiger partial charge in [0.1, 0.15) is 11.9 Å². The molecule has 0 aliphatic heterocycles. The fourth-order valence-electron chi connectivity index (χ4n) is 2.66. The SMILES string of the molecule is CCc1nc(CC)n(C(C(C)C)C(O)c2ccccc2)n1. The average molecular weight is 287 g/mol. The third kappa shape index (κ3) is 3.32. The fraction of sp³-hybridized carbons (Fsp3) is 0.529. The largest absolute Gasteiger partial charge is 0.386 e. The molecule has 4 nitrogen and oxygen atoms in total. The molecule has 1 heterocycles. The van der Waals surface area contributed by atoms with Crippen LogP contribution in [0.2, 0.25) is 0 Å². The predicted molar refractivity (Wildman–Crippen MR) is 84.1 cm³/mol. The first-order valence-corrected chi connectivity index (χ1v) is 7.75. The number of hydrogen-bond donors (Lipinski definition) is 1. The lowest BCUT2D eigenvalue weighted by Gasteiger charge is -2.28. The second-order valence-corrected chi connectivity index (χ2v) is 5.69. The van der Waals surface area contributed by atoms with Gasteiger partial charge in [-0.2, -0.15) is 5.10 Å². The first-order valence-electron chi connectivity index (χ1n) is 7.75. The van der Waals surface area contributed by atoms with Gasteiger partial charge < -0.3 is 5.11 Å². The fourth-order valence-corrected chi connectivity index (χ4v) is 2.66. The minimum Gasteiger partial charge on any atom is -0.386 e. The smallest absolute Gasteiger partial charge is 0.150 e. The molecular formula is C17H25N3O. The molecule has 2 unspecified atom stereocenters. The summed E-state index contributed by atoms with van der Waals surface area (Å²) in [5.41, 5.74) is 0.923. The maximum absolute atomic E-state index is 10.8. The third-order valence-corrected chi connectivity index (χ3v) is 3.81. The summed E-state index contributed by atoms with van der Waals surface area (Å²) >= 11 is 0. The number of nitrogens with zero attached hydrogens (tertiary/aromatic N) is 3. The van der Waals surface area contributed by atoms with E-state index in [9.17, 15) is 5.11 Å². The topological polar surface area (TPSA) is 50.9 Å². The van der Waals surface area contributed by atoms with Crippen molar-refractivity contribution in [3.05, 3.63) is 47.5 Å². The Balaban J connectivity index is 2.42. The summed E-state index contributed by atoms with van der Waals surface area (Å²) in [6, 6.07) is 9.69. The van der Waals surface area contributed by atoms with Gasteiger partial charge >= 0.3 is 0 Å². The van der Waals surface area contributed by atoms with Crippen LogP contribution in [0, 0.1) is 5.92 Å². The van der Waals surface area contributed by atoms with Crippen LogP contribution in [-0.4, -0.2) is 19.9 Å². The molecule has 0 fully saturated rings. The minimum atomic E-state index is -0.581. The van der Waals surface area contributed by atoms with E-state index in [-0.39, 0.29) is 12.0 Å². The lowest BCUT2D eigenvalue weighted by atomic mass is 9.93. The van der Waals surface area contributed by atoms with Crippen LogP contribution in [0.5, 0.6) is 0 Å². The van der Waals surface area contributed by atoms with Crippen molar-refractivity contribution >= 4 is 0 Å². The number of hydrogen-bond acceptors (Lipinski definition) is 3. The Morgan fingerprint density at radius 2 is 1.76 bits per heavy atom. The summed E-state index contributed by atoms with van der Waals surface area (Å²) in [6.45, 7) is 8.36. The van der Waals surface area contributed by atoms with E-state index in [2.05, 4.69) is 37.8 Å². The molecule has 4 heteroatoms. The van der Waals surface area contributed by atoms with Gasteiger partial charge in [-0.15, -0.1) is 0 Å². The van der Waals surface area contributed by atoms with Crippen molar-refractivity contribution in [3.8, 4) is 0 Å². The van der Waals surface area contributed by atoms with Crippen LogP contribution in [0.3, 0.4) is 0 Å². The highest BCUT2D eigenvalue weighted by Crippen LogP contribution is 2.32. The number of aryl methyl sites for hydroxylation is 2. The molecule has 0 bridgehead atoms. The molecule has 1 N–H and O–H groups in total. The van der Waals surface area contributed by atoms with Gasteiger partial charge in [0.15, 0.2) is 5.82 Å². The zero-order valence-corrected chi connectivity index (χ0v) is 13.3. The van der Waals surface area contributed by atoms with E-state index < -0.39 is 6.10 Å². The van der Waals surface area contributed by atoms with Crippen molar-refractivity contribution in [1.82, 2.24) is 14.8 Å². The highest BCUT2D eigenvalue weighted by molar-refractivity contribution is 5.19. The Kier molecular flexibility index (Phi) is 5.12. The van der Waals surface area contributed by atoms with E-state index >= 15 is 0 Å². The van der Waals surface area contributed by atoms with Crippen LogP contribution in [0.1, 0.15) is 57.1 Å². The molecule has 114 valence electrons. The molecule has 0 amide bonds. The molecule has 1 aromatic heterocycles. The predicted octanol–water partition coefficient (Wildman–Crippen LogP) is 3.33. The van der Waals surface area contributed by atoms with Crippen LogP contribution >= 0.6 is 0 Å². The molecule has 0 spiro atoms. The van der Waals surface area contributed by atoms with E-state index in [4.69, 9.17) is 0 Å². The molecule has 2 rings (SSSR count). The van der Waals surface area contributed by atoms with E-state index in [0.29, 0.717) is 0 Å². The summed E-state index contributed by atoms with van der Waals surface area (Å²) in [5.74, 6) is 2.05. The summed E-state index contributed by atoms with van der Waals surface area (Å²) in [6.07, 6.45) is 1.05. The van der Waals surface area contributed by atoms with Gasteiger partial charge in [0.2, 0.25) is 0 Å². The summed E-state index contributed by atoms with van der Waals surface area (Å²) in [7, 11) is 0. The molecule has 2 atom stereocenters. The van der Waals surface area contributed by atoms with Gasteiger partial charge in [-0.05, 0) is 11.5 Å². The monoisotopic (exact) mass is 287 g/mol. The van der Waals surface area contributed by atoms with Crippen molar-refractivity contribution in [3.63, 3.8) is 0 Å². The van der Waals surface area contributed by atoms with Crippen LogP contribution in [0.15, 0.2) is 30.3 Å². The highest BCUT2D eigenvalue weighted by Gasteiger charge is 2.29.